The zero-order chi connectivity index (χ0) is 10.8. The first-order valence-corrected chi connectivity index (χ1v) is 6.28. The molecule has 84 valence electrons. The fourth-order valence-electron chi connectivity index (χ4n) is 2.00. The van der Waals surface area contributed by atoms with Gasteiger partial charge in [-0.1, -0.05) is 0 Å². The van der Waals surface area contributed by atoms with Crippen molar-refractivity contribution in [2.24, 2.45) is 11.7 Å². The number of hydrogen-bond donors (Lipinski definition) is 1. The average Bonchev–Trinajstić information content (AvgIpc) is 2.93. The summed E-state index contributed by atoms with van der Waals surface area (Å²) < 4.78 is 5.47. The first-order valence-electron chi connectivity index (χ1n) is 5.40. The van der Waals surface area contributed by atoms with E-state index in [4.69, 9.17) is 10.5 Å². The molecule has 1 aliphatic rings. The van der Waals surface area contributed by atoms with E-state index in [2.05, 4.69) is 10.4 Å². The molecule has 0 bridgehead atoms. The number of aromatic nitrogens is 1. The smallest absolute Gasteiger partial charge is 0.0897 e. The Morgan fingerprint density at radius 1 is 1.67 bits per heavy atom. The molecule has 0 saturated heterocycles. The second kappa shape index (κ2) is 4.60. The van der Waals surface area contributed by atoms with Crippen LogP contribution in [0.5, 0.6) is 0 Å². The van der Waals surface area contributed by atoms with E-state index in [1.54, 1.807) is 18.4 Å². The molecule has 1 heterocycles. The van der Waals surface area contributed by atoms with Crippen LogP contribution in [0.15, 0.2) is 5.38 Å². The Kier molecular flexibility index (Phi) is 3.38. The molecular formula is C11H18N2OS. The summed E-state index contributed by atoms with van der Waals surface area (Å²) in [5, 5.41) is 3.20. The number of hydrogen-bond acceptors (Lipinski definition) is 4. The molecule has 2 unspecified atom stereocenters. The molecule has 1 fully saturated rings. The minimum absolute atomic E-state index is 0.0870. The van der Waals surface area contributed by atoms with Crippen molar-refractivity contribution in [3.05, 3.63) is 16.1 Å². The normalized spacial score (nSPS) is 20.2. The molecule has 2 atom stereocenters. The van der Waals surface area contributed by atoms with Crippen molar-refractivity contribution in [1.29, 1.82) is 0 Å². The molecule has 15 heavy (non-hydrogen) atoms. The summed E-state index contributed by atoms with van der Waals surface area (Å²) in [7, 11) is 1.76. The van der Waals surface area contributed by atoms with Crippen molar-refractivity contribution < 1.29 is 4.74 Å². The summed E-state index contributed by atoms with van der Waals surface area (Å²) in [5.41, 5.74) is 7.25. The van der Waals surface area contributed by atoms with E-state index in [1.807, 2.05) is 6.92 Å². The van der Waals surface area contributed by atoms with Gasteiger partial charge < -0.3 is 10.5 Å². The van der Waals surface area contributed by atoms with E-state index >= 15 is 0 Å². The maximum atomic E-state index is 6.15. The number of rotatable bonds is 5. The van der Waals surface area contributed by atoms with Gasteiger partial charge in [0.1, 0.15) is 0 Å². The van der Waals surface area contributed by atoms with Gasteiger partial charge >= 0.3 is 0 Å². The quantitative estimate of drug-likeness (QED) is 0.832. The van der Waals surface area contributed by atoms with Crippen molar-refractivity contribution >= 4 is 11.3 Å². The topological polar surface area (TPSA) is 48.1 Å². The Morgan fingerprint density at radius 3 is 2.87 bits per heavy atom. The largest absolute Gasteiger partial charge is 0.380 e. The van der Waals surface area contributed by atoms with Crippen LogP contribution in [0.4, 0.5) is 0 Å². The second-order valence-corrected chi connectivity index (χ2v) is 5.33. The first kappa shape index (κ1) is 11.0. The second-order valence-electron chi connectivity index (χ2n) is 4.26. The van der Waals surface area contributed by atoms with Crippen LogP contribution in [0.25, 0.3) is 0 Å². The number of aryl methyl sites for hydroxylation is 1. The minimum atomic E-state index is 0.0870. The summed E-state index contributed by atoms with van der Waals surface area (Å²) in [6.07, 6.45) is 3.58. The summed E-state index contributed by atoms with van der Waals surface area (Å²) in [6, 6.07) is 0.0870. The van der Waals surface area contributed by atoms with Crippen molar-refractivity contribution in [2.45, 2.75) is 38.3 Å². The van der Waals surface area contributed by atoms with E-state index in [0.717, 1.165) is 17.1 Å². The maximum Gasteiger partial charge on any atom is 0.0897 e. The lowest BCUT2D eigenvalue weighted by Gasteiger charge is -2.21. The molecule has 4 heteroatoms. The van der Waals surface area contributed by atoms with Gasteiger partial charge in [0.05, 0.1) is 16.8 Å². The molecule has 2 rings (SSSR count). The third-order valence-corrected chi connectivity index (χ3v) is 3.71. The molecule has 1 aromatic rings. The molecule has 0 radical (unpaired) electrons. The summed E-state index contributed by atoms with van der Waals surface area (Å²) in [4.78, 5) is 4.43. The monoisotopic (exact) mass is 226 g/mol. The lowest BCUT2D eigenvalue weighted by atomic mass is 10.0. The zero-order valence-corrected chi connectivity index (χ0v) is 10.1. The first-order chi connectivity index (χ1) is 7.20. The van der Waals surface area contributed by atoms with Gasteiger partial charge in [-0.3, -0.25) is 0 Å². The number of ether oxygens (including phenoxy) is 1. The van der Waals surface area contributed by atoms with Crippen LogP contribution >= 0.6 is 11.3 Å². The fourth-order valence-corrected chi connectivity index (χ4v) is 2.63. The molecule has 2 N–H and O–H groups in total. The highest BCUT2D eigenvalue weighted by molar-refractivity contribution is 7.09. The van der Waals surface area contributed by atoms with Crippen LogP contribution in [0.1, 0.15) is 23.5 Å². The molecule has 3 nitrogen and oxygen atoms in total. The van der Waals surface area contributed by atoms with Crippen molar-refractivity contribution in [1.82, 2.24) is 4.98 Å². The SMILES string of the molecule is COC(C(N)Cc1csc(C)n1)C1CC1. The Balaban J connectivity index is 1.92. The van der Waals surface area contributed by atoms with Gasteiger partial charge in [0.25, 0.3) is 0 Å². The van der Waals surface area contributed by atoms with Gasteiger partial charge in [0.2, 0.25) is 0 Å². The van der Waals surface area contributed by atoms with Crippen LogP contribution in [-0.2, 0) is 11.2 Å². The lowest BCUT2D eigenvalue weighted by molar-refractivity contribution is 0.0624. The summed E-state index contributed by atoms with van der Waals surface area (Å²) >= 11 is 1.68. The molecule has 0 aromatic carbocycles. The van der Waals surface area contributed by atoms with Gasteiger partial charge in [0.15, 0.2) is 0 Å². The minimum Gasteiger partial charge on any atom is -0.380 e. The lowest BCUT2D eigenvalue weighted by Crippen LogP contribution is -2.39. The summed E-state index contributed by atoms with van der Waals surface area (Å²) in [5.74, 6) is 0.685. The molecule has 1 aliphatic carbocycles. The van der Waals surface area contributed by atoms with Gasteiger partial charge in [0, 0.05) is 25.0 Å². The van der Waals surface area contributed by atoms with Crippen LogP contribution in [0.2, 0.25) is 0 Å². The number of nitrogens with two attached hydrogens (primary N) is 1. The Labute approximate surface area is 94.7 Å². The van der Waals surface area contributed by atoms with Gasteiger partial charge in [-0.2, -0.15) is 0 Å². The predicted octanol–water partition coefficient (Wildman–Crippen LogP) is 1.75. The molecule has 0 amide bonds. The van der Waals surface area contributed by atoms with Crippen LogP contribution in [-0.4, -0.2) is 24.2 Å². The van der Waals surface area contributed by atoms with E-state index in [0.29, 0.717) is 5.92 Å². The molecule has 0 spiro atoms. The standard InChI is InChI=1S/C11H18N2OS/c1-7-13-9(6-15-7)5-10(12)11(14-2)8-3-4-8/h6,8,10-11H,3-5,12H2,1-2H3. The zero-order valence-electron chi connectivity index (χ0n) is 9.27. The summed E-state index contributed by atoms with van der Waals surface area (Å²) in [6.45, 7) is 2.02. The molecule has 1 saturated carbocycles. The van der Waals surface area contributed by atoms with E-state index in [-0.39, 0.29) is 12.1 Å². The third-order valence-electron chi connectivity index (χ3n) is 2.89. The van der Waals surface area contributed by atoms with Crippen molar-refractivity contribution in [2.75, 3.05) is 7.11 Å². The van der Waals surface area contributed by atoms with Crippen LogP contribution in [0, 0.1) is 12.8 Å². The predicted molar refractivity (Wildman–Crippen MR) is 62.1 cm³/mol. The van der Waals surface area contributed by atoms with Gasteiger partial charge in [-0.15, -0.1) is 11.3 Å². The number of thiazole rings is 1. The Morgan fingerprint density at radius 2 is 2.40 bits per heavy atom. The molecular weight excluding hydrogens is 208 g/mol. The molecule has 1 aromatic heterocycles. The van der Waals surface area contributed by atoms with Crippen molar-refractivity contribution in [3.63, 3.8) is 0 Å². The number of methoxy groups -OCH3 is 1. The third kappa shape index (κ3) is 2.77. The highest BCUT2D eigenvalue weighted by Crippen LogP contribution is 2.35. The van der Waals surface area contributed by atoms with Crippen LogP contribution in [0.3, 0.4) is 0 Å². The number of nitrogens with zero attached hydrogens (tertiary/aromatic N) is 1. The van der Waals surface area contributed by atoms with E-state index in [1.165, 1.54) is 12.8 Å². The van der Waals surface area contributed by atoms with Gasteiger partial charge in [-0.05, 0) is 25.7 Å². The van der Waals surface area contributed by atoms with Gasteiger partial charge in [-0.25, -0.2) is 4.98 Å². The highest BCUT2D eigenvalue weighted by atomic mass is 32.1. The van der Waals surface area contributed by atoms with Crippen molar-refractivity contribution in [3.8, 4) is 0 Å². The maximum absolute atomic E-state index is 6.15. The van der Waals surface area contributed by atoms with E-state index in [9.17, 15) is 0 Å². The Bertz CT molecular complexity index is 322. The fraction of sp³-hybridized carbons (Fsp3) is 0.727. The highest BCUT2D eigenvalue weighted by Gasteiger charge is 2.35. The average molecular weight is 226 g/mol. The van der Waals surface area contributed by atoms with Crippen LogP contribution < -0.4 is 5.73 Å². The Hall–Kier alpha value is -0.450. The molecule has 0 aliphatic heterocycles. The van der Waals surface area contributed by atoms with E-state index < -0.39 is 0 Å².